The lowest BCUT2D eigenvalue weighted by atomic mass is 9.99. The molecule has 7 nitrogen and oxygen atoms in total. The molecule has 0 aromatic carbocycles. The highest BCUT2D eigenvalue weighted by Gasteiger charge is 2.36. The molecule has 3 aliphatic rings. The molecule has 1 saturated carbocycles. The summed E-state index contributed by atoms with van der Waals surface area (Å²) in [6.07, 6.45) is 11.9. The Morgan fingerprint density at radius 1 is 1.03 bits per heavy atom. The standard InChI is InChI=1S/C27H34N6OS/c1-18-16-22(19(2)35-18)24-8-11-28-27(30-24)33-25(20-6-7-20)23(17-29-33)26(34)32-14-9-21(10-15-32)31-12-4-3-5-13-31/h8,11,16-17,20-21H,3-7,9-10,12-15H2,1-2H3. The van der Waals surface area contributed by atoms with Gasteiger partial charge in [0.1, 0.15) is 0 Å². The molecule has 3 fully saturated rings. The van der Waals surface area contributed by atoms with Crippen LogP contribution >= 0.6 is 11.3 Å². The van der Waals surface area contributed by atoms with Crippen molar-refractivity contribution in [1.29, 1.82) is 0 Å². The first-order valence-electron chi connectivity index (χ1n) is 13.1. The summed E-state index contributed by atoms with van der Waals surface area (Å²) in [4.78, 5) is 30.3. The van der Waals surface area contributed by atoms with Crippen molar-refractivity contribution in [2.45, 2.75) is 70.8 Å². The summed E-state index contributed by atoms with van der Waals surface area (Å²) in [6.45, 7) is 8.36. The Balaban J connectivity index is 1.24. The zero-order valence-electron chi connectivity index (χ0n) is 20.7. The Kier molecular flexibility index (Phi) is 6.18. The van der Waals surface area contributed by atoms with Gasteiger partial charge in [-0.2, -0.15) is 5.10 Å². The first kappa shape index (κ1) is 22.9. The third-order valence-electron chi connectivity index (χ3n) is 7.81. The highest BCUT2D eigenvalue weighted by molar-refractivity contribution is 7.12. The number of carbonyl (C=O) groups excluding carboxylic acids is 1. The van der Waals surface area contributed by atoms with E-state index >= 15 is 0 Å². The Labute approximate surface area is 211 Å². The van der Waals surface area contributed by atoms with Crippen molar-refractivity contribution in [2.24, 2.45) is 0 Å². The van der Waals surface area contributed by atoms with Crippen LogP contribution in [-0.2, 0) is 0 Å². The fourth-order valence-corrected chi connectivity index (χ4v) is 6.74. The molecule has 8 heteroatoms. The van der Waals surface area contributed by atoms with E-state index in [1.807, 2.05) is 15.6 Å². The van der Waals surface area contributed by atoms with Crippen LogP contribution in [0.3, 0.4) is 0 Å². The fourth-order valence-electron chi connectivity index (χ4n) is 5.81. The fraction of sp³-hybridized carbons (Fsp3) is 0.556. The molecule has 3 aromatic rings. The van der Waals surface area contributed by atoms with E-state index in [4.69, 9.17) is 4.98 Å². The first-order valence-corrected chi connectivity index (χ1v) is 13.9. The van der Waals surface area contributed by atoms with Gasteiger partial charge in [-0.1, -0.05) is 6.42 Å². The molecule has 2 saturated heterocycles. The number of amides is 1. The van der Waals surface area contributed by atoms with E-state index in [9.17, 15) is 4.79 Å². The van der Waals surface area contributed by atoms with Crippen molar-refractivity contribution < 1.29 is 4.79 Å². The van der Waals surface area contributed by atoms with Gasteiger partial charge in [0.2, 0.25) is 0 Å². The number of thiophene rings is 1. The number of rotatable bonds is 5. The predicted octanol–water partition coefficient (Wildman–Crippen LogP) is 4.98. The molecule has 1 amide bonds. The number of hydrogen-bond acceptors (Lipinski definition) is 6. The minimum absolute atomic E-state index is 0.121. The van der Waals surface area contributed by atoms with E-state index in [0.29, 0.717) is 17.9 Å². The molecule has 0 atom stereocenters. The van der Waals surface area contributed by atoms with Gasteiger partial charge in [0.15, 0.2) is 0 Å². The number of aromatic nitrogens is 4. The normalized spacial score (nSPS) is 19.9. The average molecular weight is 491 g/mol. The summed E-state index contributed by atoms with van der Waals surface area (Å²) < 4.78 is 1.82. The second-order valence-electron chi connectivity index (χ2n) is 10.3. The quantitative estimate of drug-likeness (QED) is 0.505. The summed E-state index contributed by atoms with van der Waals surface area (Å²) in [5.41, 5.74) is 3.77. The zero-order chi connectivity index (χ0) is 23.9. The van der Waals surface area contributed by atoms with Crippen molar-refractivity contribution in [3.05, 3.63) is 45.5 Å². The summed E-state index contributed by atoms with van der Waals surface area (Å²) in [6, 6.07) is 4.77. The molecule has 5 heterocycles. The smallest absolute Gasteiger partial charge is 0.257 e. The molecule has 35 heavy (non-hydrogen) atoms. The van der Waals surface area contributed by atoms with Crippen LogP contribution in [0.25, 0.3) is 17.2 Å². The van der Waals surface area contributed by atoms with Crippen LogP contribution in [0, 0.1) is 13.8 Å². The Morgan fingerprint density at radius 3 is 2.49 bits per heavy atom. The second kappa shape index (κ2) is 9.47. The van der Waals surface area contributed by atoms with Crippen LogP contribution in [-0.4, -0.2) is 67.7 Å². The van der Waals surface area contributed by atoms with E-state index in [-0.39, 0.29) is 5.91 Å². The van der Waals surface area contributed by atoms with Gasteiger partial charge in [0.25, 0.3) is 11.9 Å². The average Bonchev–Trinajstić information content (AvgIpc) is 3.54. The highest BCUT2D eigenvalue weighted by atomic mass is 32.1. The van der Waals surface area contributed by atoms with E-state index in [1.165, 1.54) is 42.1 Å². The number of carbonyl (C=O) groups is 1. The van der Waals surface area contributed by atoms with Crippen LogP contribution in [0.15, 0.2) is 24.5 Å². The van der Waals surface area contributed by atoms with E-state index in [0.717, 1.165) is 61.3 Å². The van der Waals surface area contributed by atoms with Gasteiger partial charge in [0, 0.05) is 46.6 Å². The minimum Gasteiger partial charge on any atom is -0.338 e. The monoisotopic (exact) mass is 490 g/mol. The molecule has 184 valence electrons. The molecule has 0 radical (unpaired) electrons. The van der Waals surface area contributed by atoms with E-state index < -0.39 is 0 Å². The summed E-state index contributed by atoms with van der Waals surface area (Å²) in [5.74, 6) is 1.03. The molecule has 0 spiro atoms. The first-order chi connectivity index (χ1) is 17.1. The van der Waals surface area contributed by atoms with E-state index in [2.05, 4.69) is 34.9 Å². The molecule has 1 aliphatic carbocycles. The number of piperidine rings is 2. The Hall–Kier alpha value is -2.58. The summed E-state index contributed by atoms with van der Waals surface area (Å²) >= 11 is 1.78. The number of likely N-dealkylation sites (tertiary alicyclic amines) is 2. The van der Waals surface area contributed by atoms with Crippen LogP contribution < -0.4 is 0 Å². The SMILES string of the molecule is Cc1cc(-c2ccnc(-n3ncc(C(=O)N4CCC(N5CCCCC5)CC4)c3C3CC3)n2)c(C)s1. The molecule has 2 aliphatic heterocycles. The van der Waals surface area contributed by atoms with Crippen LogP contribution in [0.1, 0.15) is 76.7 Å². The Morgan fingerprint density at radius 2 is 1.80 bits per heavy atom. The Bertz CT molecular complexity index is 1210. The van der Waals surface area contributed by atoms with Crippen molar-refractivity contribution in [3.63, 3.8) is 0 Å². The number of nitrogens with zero attached hydrogens (tertiary/aromatic N) is 6. The van der Waals surface area contributed by atoms with Crippen LogP contribution in [0.5, 0.6) is 0 Å². The zero-order valence-corrected chi connectivity index (χ0v) is 21.6. The molecular weight excluding hydrogens is 456 g/mol. The van der Waals surface area contributed by atoms with Gasteiger partial charge >= 0.3 is 0 Å². The van der Waals surface area contributed by atoms with Gasteiger partial charge in [-0.05, 0) is 77.6 Å². The summed E-state index contributed by atoms with van der Waals surface area (Å²) in [7, 11) is 0. The van der Waals surface area contributed by atoms with Crippen molar-refractivity contribution in [2.75, 3.05) is 26.2 Å². The molecule has 0 unspecified atom stereocenters. The lowest BCUT2D eigenvalue weighted by Crippen LogP contribution is -2.48. The lowest BCUT2D eigenvalue weighted by molar-refractivity contribution is 0.0589. The van der Waals surface area contributed by atoms with Crippen molar-refractivity contribution >= 4 is 17.2 Å². The number of aryl methyl sites for hydroxylation is 2. The molecule has 3 aromatic heterocycles. The molecule has 0 N–H and O–H groups in total. The highest BCUT2D eigenvalue weighted by Crippen LogP contribution is 2.43. The summed E-state index contributed by atoms with van der Waals surface area (Å²) in [5, 5.41) is 4.65. The van der Waals surface area contributed by atoms with Crippen LogP contribution in [0.4, 0.5) is 0 Å². The van der Waals surface area contributed by atoms with Gasteiger partial charge in [-0.25, -0.2) is 14.6 Å². The van der Waals surface area contributed by atoms with E-state index in [1.54, 1.807) is 23.7 Å². The van der Waals surface area contributed by atoms with Gasteiger partial charge in [0.05, 0.1) is 23.1 Å². The molecular formula is C27H34N6OS. The van der Waals surface area contributed by atoms with Gasteiger partial charge < -0.3 is 9.80 Å². The van der Waals surface area contributed by atoms with Crippen molar-refractivity contribution in [1.82, 2.24) is 29.5 Å². The second-order valence-corrected chi connectivity index (χ2v) is 11.8. The van der Waals surface area contributed by atoms with Gasteiger partial charge in [-0.15, -0.1) is 11.3 Å². The minimum atomic E-state index is 0.121. The van der Waals surface area contributed by atoms with Gasteiger partial charge in [-0.3, -0.25) is 4.79 Å². The number of hydrogen-bond donors (Lipinski definition) is 0. The lowest BCUT2D eigenvalue weighted by Gasteiger charge is -2.40. The maximum absolute atomic E-state index is 13.6. The predicted molar refractivity (Wildman–Crippen MR) is 138 cm³/mol. The topological polar surface area (TPSA) is 67.2 Å². The third kappa shape index (κ3) is 4.54. The molecule has 0 bridgehead atoms. The van der Waals surface area contributed by atoms with Crippen LogP contribution in [0.2, 0.25) is 0 Å². The largest absolute Gasteiger partial charge is 0.338 e. The third-order valence-corrected chi connectivity index (χ3v) is 8.77. The maximum Gasteiger partial charge on any atom is 0.257 e. The molecule has 6 rings (SSSR count). The maximum atomic E-state index is 13.6. The van der Waals surface area contributed by atoms with Crippen molar-refractivity contribution in [3.8, 4) is 17.2 Å².